The molecular weight excluding hydrogens is 380 g/mol. The van der Waals surface area contributed by atoms with Crippen molar-refractivity contribution in [2.45, 2.75) is 32.7 Å². The zero-order valence-electron chi connectivity index (χ0n) is 16.8. The molecular formula is C23H22N4O3. The largest absolute Gasteiger partial charge is 0.508 e. The highest BCUT2D eigenvalue weighted by molar-refractivity contribution is 6.03. The summed E-state index contributed by atoms with van der Waals surface area (Å²) in [5, 5.41) is 16.4. The number of fused-ring (bicyclic) bond motifs is 1. The van der Waals surface area contributed by atoms with Crippen LogP contribution in [0.15, 0.2) is 69.2 Å². The van der Waals surface area contributed by atoms with E-state index in [1.165, 1.54) is 0 Å². The number of hydrogen-bond acceptors (Lipinski definition) is 7. The van der Waals surface area contributed by atoms with Crippen molar-refractivity contribution in [1.29, 1.82) is 0 Å². The van der Waals surface area contributed by atoms with E-state index in [1.54, 1.807) is 18.2 Å². The first-order valence-electron chi connectivity index (χ1n) is 9.91. The van der Waals surface area contributed by atoms with Crippen LogP contribution in [0.3, 0.4) is 0 Å². The second-order valence-electron chi connectivity index (χ2n) is 8.55. The summed E-state index contributed by atoms with van der Waals surface area (Å²) in [6.07, 6.45) is 1.18. The fourth-order valence-electron chi connectivity index (χ4n) is 4.16. The minimum absolute atomic E-state index is 0.0757. The summed E-state index contributed by atoms with van der Waals surface area (Å²) in [5.74, 6) is 0.673. The number of phenolic OH excluding ortho intramolecular Hbond substituents is 1. The Morgan fingerprint density at radius 1 is 1.17 bits per heavy atom. The molecule has 1 aromatic heterocycles. The third-order valence-corrected chi connectivity index (χ3v) is 5.43. The monoisotopic (exact) mass is 402 g/mol. The zero-order chi connectivity index (χ0) is 20.9. The van der Waals surface area contributed by atoms with Crippen LogP contribution >= 0.6 is 0 Å². The molecule has 3 N–H and O–H groups in total. The summed E-state index contributed by atoms with van der Waals surface area (Å²) in [6.45, 7) is 4.17. The van der Waals surface area contributed by atoms with E-state index in [1.807, 2.05) is 30.3 Å². The van der Waals surface area contributed by atoms with Crippen molar-refractivity contribution in [3.63, 3.8) is 0 Å². The number of Topliss-reactive ketones (excluding diaryl/α,β-unsaturated/α-hetero) is 1. The Balaban J connectivity index is 1.55. The van der Waals surface area contributed by atoms with E-state index in [4.69, 9.17) is 9.41 Å². The lowest BCUT2D eigenvalue weighted by molar-refractivity contribution is -0.118. The van der Waals surface area contributed by atoms with E-state index in [-0.39, 0.29) is 16.9 Å². The molecule has 152 valence electrons. The molecule has 7 nitrogen and oxygen atoms in total. The predicted molar refractivity (Wildman–Crippen MR) is 114 cm³/mol. The molecule has 1 aliphatic carbocycles. The average Bonchev–Trinajstić information content (AvgIpc) is 3.08. The van der Waals surface area contributed by atoms with E-state index in [0.717, 1.165) is 23.2 Å². The normalized spacial score (nSPS) is 20.5. The topological polar surface area (TPSA) is 99.8 Å². The predicted octanol–water partition coefficient (Wildman–Crippen LogP) is 4.29. The molecule has 0 bridgehead atoms. The minimum atomic E-state index is -0.510. The highest BCUT2D eigenvalue weighted by atomic mass is 16.4. The van der Waals surface area contributed by atoms with Gasteiger partial charge in [-0.25, -0.2) is 4.99 Å². The number of hydrogen-bond donors (Lipinski definition) is 3. The van der Waals surface area contributed by atoms with Gasteiger partial charge in [0, 0.05) is 17.7 Å². The van der Waals surface area contributed by atoms with E-state index < -0.39 is 6.04 Å². The lowest BCUT2D eigenvalue weighted by atomic mass is 9.73. The van der Waals surface area contributed by atoms with Crippen molar-refractivity contribution in [3.05, 3.63) is 65.4 Å². The third kappa shape index (κ3) is 3.32. The van der Waals surface area contributed by atoms with Crippen LogP contribution in [0.4, 0.5) is 6.01 Å². The van der Waals surface area contributed by atoms with Crippen LogP contribution in [0.1, 0.15) is 38.3 Å². The van der Waals surface area contributed by atoms with Crippen LogP contribution in [0.5, 0.6) is 5.75 Å². The Morgan fingerprint density at radius 3 is 2.80 bits per heavy atom. The van der Waals surface area contributed by atoms with Crippen LogP contribution in [0.2, 0.25) is 0 Å². The molecule has 0 saturated carbocycles. The van der Waals surface area contributed by atoms with Gasteiger partial charge in [-0.15, -0.1) is 0 Å². The number of carbonyl (C=O) groups is 1. The smallest absolute Gasteiger partial charge is 0.302 e. The SMILES string of the molecule is CC1(C)CC(=O)C2=C(C1)NC(Nc1nc3ccccc3o1)=N[C@H]2c1cccc(O)c1. The summed E-state index contributed by atoms with van der Waals surface area (Å²) in [5.41, 5.74) is 3.53. The van der Waals surface area contributed by atoms with Gasteiger partial charge in [0.2, 0.25) is 5.96 Å². The number of oxazole rings is 1. The summed E-state index contributed by atoms with van der Waals surface area (Å²) >= 11 is 0. The molecule has 7 heteroatoms. The fraction of sp³-hybridized carbons (Fsp3) is 0.261. The molecule has 3 aromatic rings. The number of aliphatic imine (C=N–C) groups is 1. The first kappa shape index (κ1) is 18.4. The lowest BCUT2D eigenvalue weighted by Gasteiger charge is -2.37. The van der Waals surface area contributed by atoms with Crippen LogP contribution in [-0.2, 0) is 4.79 Å². The highest BCUT2D eigenvalue weighted by Crippen LogP contribution is 2.43. The molecule has 5 rings (SSSR count). The Morgan fingerprint density at radius 2 is 2.00 bits per heavy atom. The van der Waals surface area contributed by atoms with E-state index in [2.05, 4.69) is 29.5 Å². The number of para-hydroxylation sites is 2. The molecule has 2 aliphatic rings. The number of guanidine groups is 1. The number of allylic oxidation sites excluding steroid dienone is 1. The molecule has 0 unspecified atom stereocenters. The number of nitrogens with zero attached hydrogens (tertiary/aromatic N) is 2. The number of rotatable bonds is 2. The molecule has 0 saturated heterocycles. The molecule has 0 fully saturated rings. The number of carbonyl (C=O) groups excluding carboxylic acids is 1. The molecule has 0 spiro atoms. The van der Waals surface area contributed by atoms with Crippen molar-refractivity contribution in [1.82, 2.24) is 10.3 Å². The Bertz CT molecular complexity index is 1190. The maximum Gasteiger partial charge on any atom is 0.302 e. The van der Waals surface area contributed by atoms with Crippen molar-refractivity contribution in [3.8, 4) is 5.75 Å². The van der Waals surface area contributed by atoms with E-state index >= 15 is 0 Å². The number of aromatic nitrogens is 1. The maximum atomic E-state index is 13.0. The van der Waals surface area contributed by atoms with Crippen molar-refractivity contribution < 1.29 is 14.3 Å². The van der Waals surface area contributed by atoms with Gasteiger partial charge in [-0.05, 0) is 41.7 Å². The average molecular weight is 402 g/mol. The lowest BCUT2D eigenvalue weighted by Crippen LogP contribution is -2.41. The van der Waals surface area contributed by atoms with Crippen LogP contribution < -0.4 is 10.6 Å². The van der Waals surface area contributed by atoms with Crippen LogP contribution in [0.25, 0.3) is 11.1 Å². The van der Waals surface area contributed by atoms with Gasteiger partial charge in [0.05, 0.1) is 0 Å². The molecule has 2 heterocycles. The minimum Gasteiger partial charge on any atom is -0.508 e. The van der Waals surface area contributed by atoms with Gasteiger partial charge in [-0.3, -0.25) is 10.1 Å². The molecule has 0 radical (unpaired) electrons. The number of aromatic hydroxyl groups is 1. The summed E-state index contributed by atoms with van der Waals surface area (Å²) in [4.78, 5) is 22.2. The molecule has 30 heavy (non-hydrogen) atoms. The van der Waals surface area contributed by atoms with Gasteiger partial charge in [-0.1, -0.05) is 38.1 Å². The number of nitrogens with one attached hydrogen (secondary N) is 2. The second-order valence-corrected chi connectivity index (χ2v) is 8.55. The highest BCUT2D eigenvalue weighted by Gasteiger charge is 2.39. The maximum absolute atomic E-state index is 13.0. The molecule has 1 atom stereocenters. The van der Waals surface area contributed by atoms with Crippen molar-refractivity contribution >= 4 is 28.9 Å². The van der Waals surface area contributed by atoms with Gasteiger partial charge in [0.15, 0.2) is 11.4 Å². The fourth-order valence-corrected chi connectivity index (χ4v) is 4.16. The van der Waals surface area contributed by atoms with Gasteiger partial charge in [-0.2, -0.15) is 4.98 Å². The number of ketones is 1. The summed E-state index contributed by atoms with van der Waals surface area (Å²) in [6, 6.07) is 14.2. The number of anilines is 1. The second kappa shape index (κ2) is 6.73. The van der Waals surface area contributed by atoms with Gasteiger partial charge in [0.1, 0.15) is 17.3 Å². The summed E-state index contributed by atoms with van der Waals surface area (Å²) < 4.78 is 5.76. The number of phenols is 1. The van der Waals surface area contributed by atoms with Gasteiger partial charge in [0.25, 0.3) is 0 Å². The first-order chi connectivity index (χ1) is 14.4. The van der Waals surface area contributed by atoms with E-state index in [0.29, 0.717) is 29.6 Å². The quantitative estimate of drug-likeness (QED) is 0.591. The Kier molecular flexibility index (Phi) is 4.13. The van der Waals surface area contributed by atoms with Crippen LogP contribution in [0, 0.1) is 5.41 Å². The first-order valence-corrected chi connectivity index (χ1v) is 9.91. The van der Waals surface area contributed by atoms with Crippen LogP contribution in [-0.4, -0.2) is 21.8 Å². The molecule has 1 aliphatic heterocycles. The summed E-state index contributed by atoms with van der Waals surface area (Å²) in [7, 11) is 0. The van der Waals surface area contributed by atoms with Gasteiger partial charge < -0.3 is 14.8 Å². The Labute approximate surface area is 173 Å². The third-order valence-electron chi connectivity index (χ3n) is 5.43. The number of benzene rings is 2. The van der Waals surface area contributed by atoms with E-state index in [9.17, 15) is 9.90 Å². The molecule has 0 amide bonds. The van der Waals surface area contributed by atoms with Crippen molar-refractivity contribution in [2.24, 2.45) is 10.4 Å². The standard InChI is InChI=1S/C23H22N4O3/c1-23(2)11-16-19(17(29)12-23)20(13-6-5-7-14(28)10-13)26-21(24-16)27-22-25-15-8-3-4-9-18(15)30-22/h3-10,20,28H,11-12H2,1-2H3,(H2,24,25,26,27)/t20-/m0/s1. The van der Waals surface area contributed by atoms with Crippen molar-refractivity contribution in [2.75, 3.05) is 5.32 Å². The molecule has 2 aromatic carbocycles. The van der Waals surface area contributed by atoms with Gasteiger partial charge >= 0.3 is 6.01 Å². The Hall–Kier alpha value is -3.61. The zero-order valence-corrected chi connectivity index (χ0v) is 16.8.